The van der Waals surface area contributed by atoms with E-state index in [0.717, 1.165) is 26.2 Å². The third-order valence-electron chi connectivity index (χ3n) is 3.07. The van der Waals surface area contributed by atoms with Crippen LogP contribution in [-0.2, 0) is 0 Å². The summed E-state index contributed by atoms with van der Waals surface area (Å²) in [5, 5.41) is 6.76. The highest BCUT2D eigenvalue weighted by atomic mass is 15.2. The van der Waals surface area contributed by atoms with E-state index in [4.69, 9.17) is 0 Å². The number of aryl methyl sites for hydroxylation is 1. The molecule has 0 spiro atoms. The Balaban J connectivity index is 2.03. The molecule has 0 radical (unpaired) electrons. The van der Waals surface area contributed by atoms with Crippen LogP contribution in [0.4, 0.5) is 5.69 Å². The van der Waals surface area contributed by atoms with Crippen LogP contribution in [0.1, 0.15) is 5.56 Å². The largest absolute Gasteiger partial charge is 0.369 e. The molecule has 1 aromatic carbocycles. The van der Waals surface area contributed by atoms with E-state index in [0.29, 0.717) is 6.04 Å². The van der Waals surface area contributed by atoms with Gasteiger partial charge in [-0.3, -0.25) is 0 Å². The van der Waals surface area contributed by atoms with Crippen molar-refractivity contribution in [3.8, 4) is 0 Å². The zero-order valence-electron chi connectivity index (χ0n) is 10.2. The number of nitrogens with zero attached hydrogens (tertiary/aromatic N) is 1. The number of hydrogen-bond acceptors (Lipinski definition) is 3. The molecule has 1 unspecified atom stereocenters. The Hall–Kier alpha value is -1.06. The standard InChI is InChI=1S/C13H21N3/c1-11-4-3-5-13(8-11)16-7-6-15-12(10-16)9-14-2/h3-5,8,12,14-15H,6-7,9-10H2,1-2H3. The van der Waals surface area contributed by atoms with E-state index in [9.17, 15) is 0 Å². The molecule has 1 atom stereocenters. The fraction of sp³-hybridized carbons (Fsp3) is 0.538. The van der Waals surface area contributed by atoms with Crippen LogP contribution in [0.2, 0.25) is 0 Å². The smallest absolute Gasteiger partial charge is 0.0369 e. The number of nitrogens with one attached hydrogen (secondary N) is 2. The van der Waals surface area contributed by atoms with Gasteiger partial charge in [-0.25, -0.2) is 0 Å². The summed E-state index contributed by atoms with van der Waals surface area (Å²) < 4.78 is 0. The second-order valence-electron chi connectivity index (χ2n) is 4.49. The van der Waals surface area contributed by atoms with E-state index in [-0.39, 0.29) is 0 Å². The van der Waals surface area contributed by atoms with Gasteiger partial charge in [0.2, 0.25) is 0 Å². The summed E-state index contributed by atoms with van der Waals surface area (Å²) in [7, 11) is 2.01. The number of piperazine rings is 1. The van der Waals surface area contributed by atoms with E-state index < -0.39 is 0 Å². The third-order valence-corrected chi connectivity index (χ3v) is 3.07. The van der Waals surface area contributed by atoms with Crippen LogP contribution in [0.3, 0.4) is 0 Å². The first-order valence-corrected chi connectivity index (χ1v) is 5.99. The number of likely N-dealkylation sites (N-methyl/N-ethyl adjacent to an activating group) is 1. The average molecular weight is 219 g/mol. The fourth-order valence-electron chi connectivity index (χ4n) is 2.27. The van der Waals surface area contributed by atoms with E-state index in [1.807, 2.05) is 7.05 Å². The Kier molecular flexibility index (Phi) is 3.80. The van der Waals surface area contributed by atoms with Gasteiger partial charge in [0.25, 0.3) is 0 Å². The Morgan fingerprint density at radius 1 is 1.50 bits per heavy atom. The van der Waals surface area contributed by atoms with Crippen molar-refractivity contribution in [2.45, 2.75) is 13.0 Å². The van der Waals surface area contributed by atoms with Crippen molar-refractivity contribution in [2.24, 2.45) is 0 Å². The lowest BCUT2D eigenvalue weighted by Crippen LogP contribution is -2.54. The minimum absolute atomic E-state index is 0.555. The Morgan fingerprint density at radius 2 is 2.38 bits per heavy atom. The van der Waals surface area contributed by atoms with Gasteiger partial charge in [-0.2, -0.15) is 0 Å². The van der Waals surface area contributed by atoms with Crippen LogP contribution < -0.4 is 15.5 Å². The Labute approximate surface area is 97.8 Å². The molecule has 0 saturated carbocycles. The number of hydrogen-bond donors (Lipinski definition) is 2. The minimum Gasteiger partial charge on any atom is -0.369 e. The minimum atomic E-state index is 0.555. The molecule has 1 aliphatic heterocycles. The van der Waals surface area contributed by atoms with Gasteiger partial charge in [0.1, 0.15) is 0 Å². The molecule has 3 nitrogen and oxygen atoms in total. The van der Waals surface area contributed by atoms with Crippen LogP contribution in [0.5, 0.6) is 0 Å². The molecule has 2 N–H and O–H groups in total. The highest BCUT2D eigenvalue weighted by Gasteiger charge is 2.18. The maximum Gasteiger partial charge on any atom is 0.0369 e. The van der Waals surface area contributed by atoms with Gasteiger partial charge in [-0.05, 0) is 31.7 Å². The normalized spacial score (nSPS) is 21.1. The zero-order chi connectivity index (χ0) is 11.4. The van der Waals surface area contributed by atoms with Crippen molar-refractivity contribution in [2.75, 3.05) is 38.1 Å². The summed E-state index contributed by atoms with van der Waals surface area (Å²) in [4.78, 5) is 2.46. The molecule has 1 aliphatic rings. The molecular formula is C13H21N3. The molecule has 2 rings (SSSR count). The molecule has 1 aromatic rings. The second-order valence-corrected chi connectivity index (χ2v) is 4.49. The first-order valence-electron chi connectivity index (χ1n) is 5.99. The predicted molar refractivity (Wildman–Crippen MR) is 69.1 cm³/mol. The summed E-state index contributed by atoms with van der Waals surface area (Å²) in [5.41, 5.74) is 2.68. The lowest BCUT2D eigenvalue weighted by Gasteiger charge is -2.35. The zero-order valence-corrected chi connectivity index (χ0v) is 10.2. The van der Waals surface area contributed by atoms with Gasteiger partial charge in [-0.1, -0.05) is 12.1 Å². The van der Waals surface area contributed by atoms with Crippen molar-refractivity contribution in [1.82, 2.24) is 10.6 Å². The highest BCUT2D eigenvalue weighted by Crippen LogP contribution is 2.17. The van der Waals surface area contributed by atoms with Crippen molar-refractivity contribution in [3.63, 3.8) is 0 Å². The molecule has 0 bridgehead atoms. The van der Waals surface area contributed by atoms with E-state index in [1.165, 1.54) is 11.3 Å². The lowest BCUT2D eigenvalue weighted by molar-refractivity contribution is 0.443. The first-order chi connectivity index (χ1) is 7.79. The summed E-state index contributed by atoms with van der Waals surface area (Å²) >= 11 is 0. The van der Waals surface area contributed by atoms with Gasteiger partial charge in [0.15, 0.2) is 0 Å². The SMILES string of the molecule is CNCC1CN(c2cccc(C)c2)CCN1. The van der Waals surface area contributed by atoms with Gasteiger partial charge in [0, 0.05) is 37.9 Å². The monoisotopic (exact) mass is 219 g/mol. The molecule has 88 valence electrons. The quantitative estimate of drug-likeness (QED) is 0.794. The molecule has 1 fully saturated rings. The van der Waals surface area contributed by atoms with Gasteiger partial charge < -0.3 is 15.5 Å². The van der Waals surface area contributed by atoms with Crippen molar-refractivity contribution >= 4 is 5.69 Å². The van der Waals surface area contributed by atoms with Gasteiger partial charge >= 0.3 is 0 Å². The molecule has 1 heterocycles. The van der Waals surface area contributed by atoms with E-state index in [2.05, 4.69) is 46.7 Å². The Morgan fingerprint density at radius 3 is 3.12 bits per heavy atom. The molecule has 3 heteroatoms. The van der Waals surface area contributed by atoms with Crippen LogP contribution in [-0.4, -0.2) is 39.3 Å². The summed E-state index contributed by atoms with van der Waals surface area (Å²) in [6, 6.07) is 9.31. The van der Waals surface area contributed by atoms with Crippen molar-refractivity contribution < 1.29 is 0 Å². The topological polar surface area (TPSA) is 27.3 Å². The van der Waals surface area contributed by atoms with E-state index in [1.54, 1.807) is 0 Å². The molecule has 0 amide bonds. The second kappa shape index (κ2) is 5.32. The fourth-order valence-corrected chi connectivity index (χ4v) is 2.27. The summed E-state index contributed by atoms with van der Waals surface area (Å²) in [6.45, 7) is 6.44. The summed E-state index contributed by atoms with van der Waals surface area (Å²) in [6.07, 6.45) is 0. The lowest BCUT2D eigenvalue weighted by atomic mass is 10.1. The first kappa shape index (κ1) is 11.4. The van der Waals surface area contributed by atoms with Crippen molar-refractivity contribution in [1.29, 1.82) is 0 Å². The van der Waals surface area contributed by atoms with E-state index >= 15 is 0 Å². The number of benzene rings is 1. The van der Waals surface area contributed by atoms with Crippen LogP contribution in [0.15, 0.2) is 24.3 Å². The molecule has 16 heavy (non-hydrogen) atoms. The maximum atomic E-state index is 3.53. The third kappa shape index (κ3) is 2.74. The van der Waals surface area contributed by atoms with Crippen LogP contribution in [0, 0.1) is 6.92 Å². The Bertz CT molecular complexity index is 336. The van der Waals surface area contributed by atoms with Crippen molar-refractivity contribution in [3.05, 3.63) is 29.8 Å². The predicted octanol–water partition coefficient (Wildman–Crippen LogP) is 0.993. The summed E-state index contributed by atoms with van der Waals surface area (Å²) in [5.74, 6) is 0. The molecule has 1 saturated heterocycles. The van der Waals surface area contributed by atoms with Crippen LogP contribution >= 0.6 is 0 Å². The number of anilines is 1. The highest BCUT2D eigenvalue weighted by molar-refractivity contribution is 5.49. The maximum absolute atomic E-state index is 3.53. The average Bonchev–Trinajstić information content (AvgIpc) is 2.30. The molecular weight excluding hydrogens is 198 g/mol. The molecule has 0 aliphatic carbocycles. The van der Waals surface area contributed by atoms with Gasteiger partial charge in [0.05, 0.1) is 0 Å². The number of rotatable bonds is 3. The molecule has 0 aromatic heterocycles. The van der Waals surface area contributed by atoms with Crippen LogP contribution in [0.25, 0.3) is 0 Å². The van der Waals surface area contributed by atoms with Gasteiger partial charge in [-0.15, -0.1) is 0 Å².